The minimum Gasteiger partial charge on any atom is -0.393 e. The molecule has 0 radical (unpaired) electrons. The number of hydrogen-bond acceptors (Lipinski definition) is 5. The third kappa shape index (κ3) is 2.70. The zero-order valence-electron chi connectivity index (χ0n) is 11.4. The molecule has 3 rings (SSSR count). The normalized spacial score (nSPS) is 28.9. The van der Waals surface area contributed by atoms with Crippen LogP contribution in [0.3, 0.4) is 0 Å². The Morgan fingerprint density at radius 2 is 1.71 bits per heavy atom. The SMILES string of the molecule is O=C1c2ccccc2C(=O)N1CC[C@@H]1C[C@@H](O)C[C@@H](O)O1. The quantitative estimate of drug-likeness (QED) is 0.793. The van der Waals surface area contributed by atoms with Gasteiger partial charge in [0, 0.05) is 13.0 Å². The van der Waals surface area contributed by atoms with Crippen molar-refractivity contribution in [2.45, 2.75) is 37.8 Å². The van der Waals surface area contributed by atoms with Crippen molar-refractivity contribution in [1.82, 2.24) is 4.90 Å². The first-order chi connectivity index (χ1) is 10.1. The Kier molecular flexibility index (Phi) is 3.75. The Bertz CT molecular complexity index is 528. The van der Waals surface area contributed by atoms with Crippen LogP contribution in [-0.2, 0) is 4.74 Å². The predicted octanol–water partition coefficient (Wildman–Crippen LogP) is 0.531. The summed E-state index contributed by atoms with van der Waals surface area (Å²) in [6.45, 7) is 0.219. The van der Waals surface area contributed by atoms with Crippen LogP contribution in [0.2, 0.25) is 0 Å². The molecule has 1 aromatic carbocycles. The van der Waals surface area contributed by atoms with Gasteiger partial charge in [-0.2, -0.15) is 0 Å². The minimum atomic E-state index is -0.985. The summed E-state index contributed by atoms with van der Waals surface area (Å²) in [7, 11) is 0. The number of amides is 2. The molecule has 2 aliphatic rings. The third-order valence-electron chi connectivity index (χ3n) is 3.91. The largest absolute Gasteiger partial charge is 0.393 e. The fourth-order valence-corrected chi connectivity index (χ4v) is 2.87. The lowest BCUT2D eigenvalue weighted by Crippen LogP contribution is -2.39. The molecule has 21 heavy (non-hydrogen) atoms. The van der Waals surface area contributed by atoms with Gasteiger partial charge in [-0.25, -0.2) is 0 Å². The van der Waals surface area contributed by atoms with Gasteiger partial charge in [0.1, 0.15) is 0 Å². The minimum absolute atomic E-state index is 0.198. The summed E-state index contributed by atoms with van der Waals surface area (Å²) < 4.78 is 5.31. The molecule has 1 saturated heterocycles. The molecular formula is C15H17NO5. The molecule has 1 fully saturated rings. The molecule has 0 aliphatic carbocycles. The van der Waals surface area contributed by atoms with Gasteiger partial charge in [-0.1, -0.05) is 12.1 Å². The highest BCUT2D eigenvalue weighted by Crippen LogP contribution is 2.25. The van der Waals surface area contributed by atoms with Crippen LogP contribution in [0.25, 0.3) is 0 Å². The Balaban J connectivity index is 1.64. The number of nitrogens with zero attached hydrogens (tertiary/aromatic N) is 1. The van der Waals surface area contributed by atoms with Crippen LogP contribution >= 0.6 is 0 Å². The summed E-state index contributed by atoms with van der Waals surface area (Å²) in [4.78, 5) is 25.5. The van der Waals surface area contributed by atoms with Gasteiger partial charge in [-0.05, 0) is 25.0 Å². The van der Waals surface area contributed by atoms with Crippen LogP contribution in [0.1, 0.15) is 40.0 Å². The Labute approximate surface area is 121 Å². The Morgan fingerprint density at radius 1 is 1.10 bits per heavy atom. The van der Waals surface area contributed by atoms with E-state index in [1.54, 1.807) is 24.3 Å². The summed E-state index contributed by atoms with van der Waals surface area (Å²) in [6.07, 6.45) is -0.946. The molecule has 2 heterocycles. The maximum absolute atomic E-state index is 12.2. The van der Waals surface area contributed by atoms with E-state index >= 15 is 0 Å². The first-order valence-corrected chi connectivity index (χ1v) is 7.03. The highest BCUT2D eigenvalue weighted by molar-refractivity contribution is 6.21. The van der Waals surface area contributed by atoms with E-state index in [2.05, 4.69) is 0 Å². The van der Waals surface area contributed by atoms with Crippen LogP contribution in [-0.4, -0.2) is 52.0 Å². The van der Waals surface area contributed by atoms with Gasteiger partial charge in [0.05, 0.1) is 23.3 Å². The number of rotatable bonds is 3. The van der Waals surface area contributed by atoms with E-state index < -0.39 is 12.4 Å². The van der Waals surface area contributed by atoms with Gasteiger partial charge in [0.25, 0.3) is 11.8 Å². The van der Waals surface area contributed by atoms with Crippen molar-refractivity contribution < 1.29 is 24.5 Å². The second kappa shape index (κ2) is 5.55. The van der Waals surface area contributed by atoms with E-state index in [9.17, 15) is 19.8 Å². The monoisotopic (exact) mass is 291 g/mol. The van der Waals surface area contributed by atoms with E-state index in [-0.39, 0.29) is 30.9 Å². The van der Waals surface area contributed by atoms with E-state index in [4.69, 9.17) is 4.74 Å². The average Bonchev–Trinajstić information content (AvgIpc) is 2.69. The number of hydrogen-bond donors (Lipinski definition) is 2. The van der Waals surface area contributed by atoms with Crippen molar-refractivity contribution in [2.24, 2.45) is 0 Å². The topological polar surface area (TPSA) is 87.1 Å². The molecule has 0 aromatic heterocycles. The lowest BCUT2D eigenvalue weighted by molar-refractivity contribution is -0.190. The number of imide groups is 1. The van der Waals surface area contributed by atoms with Crippen LogP contribution in [0.5, 0.6) is 0 Å². The lowest BCUT2D eigenvalue weighted by Gasteiger charge is -2.31. The molecule has 6 heteroatoms. The fourth-order valence-electron chi connectivity index (χ4n) is 2.87. The lowest BCUT2D eigenvalue weighted by atomic mass is 10.0. The Hall–Kier alpha value is -1.76. The first kappa shape index (κ1) is 14.2. The highest BCUT2D eigenvalue weighted by Gasteiger charge is 2.36. The second-order valence-corrected chi connectivity index (χ2v) is 5.43. The van der Waals surface area contributed by atoms with E-state index in [1.165, 1.54) is 4.90 Å². The number of carbonyl (C=O) groups excluding carboxylic acids is 2. The summed E-state index contributed by atoms with van der Waals surface area (Å²) in [6, 6.07) is 6.73. The Morgan fingerprint density at radius 3 is 2.29 bits per heavy atom. The van der Waals surface area contributed by atoms with Gasteiger partial charge in [-0.15, -0.1) is 0 Å². The molecule has 112 valence electrons. The molecule has 1 aromatic rings. The molecule has 0 unspecified atom stereocenters. The fraction of sp³-hybridized carbons (Fsp3) is 0.467. The number of aliphatic hydroxyl groups is 2. The number of benzene rings is 1. The van der Waals surface area contributed by atoms with Crippen molar-refractivity contribution in [3.8, 4) is 0 Å². The molecule has 2 N–H and O–H groups in total. The summed E-state index contributed by atoms with van der Waals surface area (Å²) in [5.74, 6) is -0.597. The van der Waals surface area contributed by atoms with Gasteiger partial charge in [0.15, 0.2) is 6.29 Å². The van der Waals surface area contributed by atoms with Gasteiger partial charge in [-0.3, -0.25) is 14.5 Å². The highest BCUT2D eigenvalue weighted by atomic mass is 16.6. The van der Waals surface area contributed by atoms with Gasteiger partial charge in [0.2, 0.25) is 0 Å². The molecule has 0 bridgehead atoms. The van der Waals surface area contributed by atoms with Crippen LogP contribution < -0.4 is 0 Å². The maximum atomic E-state index is 12.2. The standard InChI is InChI=1S/C15H17NO5/c17-9-7-10(21-13(18)8-9)5-6-16-14(19)11-3-1-2-4-12(11)15(16)20/h1-4,9-10,13,17-18H,5-8H2/t9-,10-,13+/m1/s1. The van der Waals surface area contributed by atoms with E-state index in [1.807, 2.05) is 0 Å². The van der Waals surface area contributed by atoms with Crippen LogP contribution in [0.15, 0.2) is 24.3 Å². The van der Waals surface area contributed by atoms with Crippen molar-refractivity contribution in [3.63, 3.8) is 0 Å². The predicted molar refractivity (Wildman–Crippen MR) is 72.5 cm³/mol. The van der Waals surface area contributed by atoms with Crippen LogP contribution in [0.4, 0.5) is 0 Å². The molecule has 2 amide bonds. The zero-order valence-corrected chi connectivity index (χ0v) is 11.4. The molecule has 6 nitrogen and oxygen atoms in total. The van der Waals surface area contributed by atoms with Crippen molar-refractivity contribution >= 4 is 11.8 Å². The number of aliphatic hydroxyl groups excluding tert-OH is 2. The van der Waals surface area contributed by atoms with E-state index in [0.717, 1.165) is 0 Å². The molecule has 0 saturated carbocycles. The summed E-state index contributed by atoms with van der Waals surface area (Å²) >= 11 is 0. The second-order valence-electron chi connectivity index (χ2n) is 5.43. The van der Waals surface area contributed by atoms with Crippen molar-refractivity contribution in [3.05, 3.63) is 35.4 Å². The first-order valence-electron chi connectivity index (χ1n) is 7.03. The number of ether oxygens (including phenoxy) is 1. The third-order valence-corrected chi connectivity index (χ3v) is 3.91. The van der Waals surface area contributed by atoms with Gasteiger partial charge < -0.3 is 14.9 Å². The summed E-state index contributed by atoms with van der Waals surface area (Å²) in [5.41, 5.74) is 0.847. The zero-order chi connectivity index (χ0) is 15.0. The van der Waals surface area contributed by atoms with Crippen molar-refractivity contribution in [2.75, 3.05) is 6.54 Å². The van der Waals surface area contributed by atoms with E-state index in [0.29, 0.717) is 24.0 Å². The maximum Gasteiger partial charge on any atom is 0.261 e. The van der Waals surface area contributed by atoms with Crippen molar-refractivity contribution in [1.29, 1.82) is 0 Å². The smallest absolute Gasteiger partial charge is 0.261 e. The molecular weight excluding hydrogens is 274 g/mol. The average molecular weight is 291 g/mol. The summed E-state index contributed by atoms with van der Waals surface area (Å²) in [5, 5.41) is 19.1. The molecule has 2 aliphatic heterocycles. The number of carbonyl (C=O) groups is 2. The van der Waals surface area contributed by atoms with Crippen LogP contribution in [0, 0.1) is 0 Å². The molecule has 0 spiro atoms. The van der Waals surface area contributed by atoms with Gasteiger partial charge >= 0.3 is 0 Å². The molecule has 3 atom stereocenters. The number of fused-ring (bicyclic) bond motifs is 1.